The van der Waals surface area contributed by atoms with Gasteiger partial charge >= 0.3 is 6.36 Å². The number of hydrogen-bond donors (Lipinski definition) is 1. The molecule has 2 nitrogen and oxygen atoms in total. The highest BCUT2D eigenvalue weighted by atomic mass is 79.9. The summed E-state index contributed by atoms with van der Waals surface area (Å²) in [6.45, 7) is 0. The van der Waals surface area contributed by atoms with Crippen molar-refractivity contribution in [2.45, 2.75) is 11.7 Å². The second-order valence-electron chi connectivity index (χ2n) is 2.66. The lowest BCUT2D eigenvalue weighted by Gasteiger charge is -2.12. The first-order valence-corrected chi connectivity index (χ1v) is 5.64. The van der Waals surface area contributed by atoms with Crippen LogP contribution >= 0.6 is 31.9 Å². The Hall–Kier alpha value is -0.430. The second kappa shape index (κ2) is 4.61. The Morgan fingerprint density at radius 1 is 1.33 bits per heavy atom. The first kappa shape index (κ1) is 12.6. The fourth-order valence-electron chi connectivity index (χ4n) is 0.926. The topological polar surface area (TPSA) is 35.2 Å². The van der Waals surface area contributed by atoms with Gasteiger partial charge in [-0.2, -0.15) is 0 Å². The number of nitrogens with two attached hydrogens (primary N) is 1. The Kier molecular flexibility index (Phi) is 3.88. The average Bonchev–Trinajstić information content (AvgIpc) is 2.07. The molecule has 0 heterocycles. The molecule has 0 spiro atoms. The third kappa shape index (κ3) is 3.57. The number of anilines is 1. The molecule has 15 heavy (non-hydrogen) atoms. The molecule has 1 rings (SSSR count). The number of ether oxygens (including phenoxy) is 1. The van der Waals surface area contributed by atoms with Gasteiger partial charge in [0.15, 0.2) is 5.75 Å². The Balaban J connectivity index is 3.08. The molecular formula is C8H6Br2F3NO. The fourth-order valence-corrected chi connectivity index (χ4v) is 2.27. The van der Waals surface area contributed by atoms with E-state index >= 15 is 0 Å². The molecule has 2 N–H and O–H groups in total. The predicted octanol–water partition coefficient (Wildman–Crippen LogP) is 3.82. The molecule has 0 fully saturated rings. The lowest BCUT2D eigenvalue weighted by atomic mass is 10.2. The van der Waals surface area contributed by atoms with E-state index in [9.17, 15) is 13.2 Å². The Bertz CT molecular complexity index is 368. The minimum atomic E-state index is -4.73. The molecule has 0 unspecified atom stereocenters. The van der Waals surface area contributed by atoms with Crippen molar-refractivity contribution in [3.63, 3.8) is 0 Å². The summed E-state index contributed by atoms with van der Waals surface area (Å²) in [4.78, 5) is 0. The summed E-state index contributed by atoms with van der Waals surface area (Å²) in [6, 6.07) is 2.61. The monoisotopic (exact) mass is 347 g/mol. The molecule has 84 valence electrons. The summed E-state index contributed by atoms with van der Waals surface area (Å²) < 4.78 is 40.3. The Labute approximate surface area is 101 Å². The zero-order chi connectivity index (χ0) is 11.6. The molecule has 0 saturated carbocycles. The van der Waals surface area contributed by atoms with Crippen LogP contribution in [-0.2, 0) is 5.33 Å². The van der Waals surface area contributed by atoms with Crippen LogP contribution in [0.5, 0.6) is 5.75 Å². The summed E-state index contributed by atoms with van der Waals surface area (Å²) in [5.41, 5.74) is 5.94. The van der Waals surface area contributed by atoms with E-state index in [1.165, 1.54) is 12.1 Å². The summed E-state index contributed by atoms with van der Waals surface area (Å²) in [5, 5.41) is 0.405. The van der Waals surface area contributed by atoms with Gasteiger partial charge in [0.25, 0.3) is 0 Å². The Morgan fingerprint density at radius 3 is 2.40 bits per heavy atom. The standard InChI is InChI=1S/C8H6Br2F3NO/c9-3-4-1-7(15-8(11,12)13)6(14)2-5(4)10/h1-2H,3,14H2. The van der Waals surface area contributed by atoms with Crippen molar-refractivity contribution < 1.29 is 17.9 Å². The van der Waals surface area contributed by atoms with E-state index in [1.54, 1.807) is 0 Å². The highest BCUT2D eigenvalue weighted by molar-refractivity contribution is 9.10. The molecule has 0 aliphatic rings. The van der Waals surface area contributed by atoms with Crippen LogP contribution < -0.4 is 10.5 Å². The van der Waals surface area contributed by atoms with E-state index in [0.29, 0.717) is 15.4 Å². The van der Waals surface area contributed by atoms with Crippen molar-refractivity contribution >= 4 is 37.5 Å². The molecule has 0 amide bonds. The number of alkyl halides is 4. The maximum Gasteiger partial charge on any atom is 0.573 e. The highest BCUT2D eigenvalue weighted by Crippen LogP contribution is 2.33. The minimum absolute atomic E-state index is 0.0658. The molecule has 0 bridgehead atoms. The first-order valence-electron chi connectivity index (χ1n) is 3.73. The molecule has 0 saturated heterocycles. The van der Waals surface area contributed by atoms with Crippen molar-refractivity contribution in [3.05, 3.63) is 22.2 Å². The van der Waals surface area contributed by atoms with Gasteiger partial charge in [-0.05, 0) is 17.7 Å². The van der Waals surface area contributed by atoms with Crippen LogP contribution in [0.15, 0.2) is 16.6 Å². The summed E-state index contributed by atoms with van der Waals surface area (Å²) in [6.07, 6.45) is -4.73. The van der Waals surface area contributed by atoms with Crippen LogP contribution in [0, 0.1) is 0 Å². The smallest absolute Gasteiger partial charge is 0.404 e. The second-order valence-corrected chi connectivity index (χ2v) is 4.08. The van der Waals surface area contributed by atoms with Crippen LogP contribution in [-0.4, -0.2) is 6.36 Å². The van der Waals surface area contributed by atoms with Gasteiger partial charge in [0, 0.05) is 9.80 Å². The van der Waals surface area contributed by atoms with Crippen molar-refractivity contribution in [1.29, 1.82) is 0 Å². The zero-order valence-corrected chi connectivity index (χ0v) is 10.4. The molecule has 0 aliphatic heterocycles. The van der Waals surface area contributed by atoms with Gasteiger partial charge < -0.3 is 10.5 Å². The maximum atomic E-state index is 12.0. The van der Waals surface area contributed by atoms with Crippen LogP contribution in [0.4, 0.5) is 18.9 Å². The molecule has 0 aromatic heterocycles. The number of hydrogen-bond acceptors (Lipinski definition) is 2. The minimum Gasteiger partial charge on any atom is -0.404 e. The molecule has 1 aromatic rings. The number of nitrogen functional groups attached to an aromatic ring is 1. The quantitative estimate of drug-likeness (QED) is 0.651. The van der Waals surface area contributed by atoms with E-state index in [0.717, 1.165) is 0 Å². The number of rotatable bonds is 2. The molecule has 0 aliphatic carbocycles. The van der Waals surface area contributed by atoms with Gasteiger partial charge in [-0.15, -0.1) is 13.2 Å². The summed E-state index contributed by atoms with van der Waals surface area (Å²) in [5.74, 6) is -0.389. The summed E-state index contributed by atoms with van der Waals surface area (Å²) >= 11 is 6.31. The normalized spacial score (nSPS) is 11.5. The molecule has 1 aromatic carbocycles. The van der Waals surface area contributed by atoms with E-state index < -0.39 is 6.36 Å². The lowest BCUT2D eigenvalue weighted by molar-refractivity contribution is -0.274. The SMILES string of the molecule is Nc1cc(Br)c(CBr)cc1OC(F)(F)F. The van der Waals surface area contributed by atoms with Gasteiger partial charge in [0.05, 0.1) is 5.69 Å². The third-order valence-electron chi connectivity index (χ3n) is 1.55. The maximum absolute atomic E-state index is 12.0. The lowest BCUT2D eigenvalue weighted by Crippen LogP contribution is -2.18. The van der Waals surface area contributed by atoms with Crippen LogP contribution in [0.25, 0.3) is 0 Å². The van der Waals surface area contributed by atoms with Gasteiger partial charge in [-0.25, -0.2) is 0 Å². The van der Waals surface area contributed by atoms with E-state index in [2.05, 4.69) is 36.6 Å². The van der Waals surface area contributed by atoms with Crippen LogP contribution in [0.3, 0.4) is 0 Å². The van der Waals surface area contributed by atoms with Crippen LogP contribution in [0.1, 0.15) is 5.56 Å². The van der Waals surface area contributed by atoms with E-state index in [4.69, 9.17) is 5.73 Å². The Morgan fingerprint density at radius 2 is 1.93 bits per heavy atom. The number of benzene rings is 1. The van der Waals surface area contributed by atoms with Crippen molar-refractivity contribution in [2.75, 3.05) is 5.73 Å². The van der Waals surface area contributed by atoms with E-state index in [-0.39, 0.29) is 11.4 Å². The largest absolute Gasteiger partial charge is 0.573 e. The third-order valence-corrected chi connectivity index (χ3v) is 2.89. The van der Waals surface area contributed by atoms with Crippen molar-refractivity contribution in [1.82, 2.24) is 0 Å². The summed E-state index contributed by atoms with van der Waals surface area (Å²) in [7, 11) is 0. The first-order chi connectivity index (χ1) is 6.83. The highest BCUT2D eigenvalue weighted by Gasteiger charge is 2.32. The van der Waals surface area contributed by atoms with E-state index in [1.807, 2.05) is 0 Å². The predicted molar refractivity (Wildman–Crippen MR) is 57.9 cm³/mol. The molecular weight excluding hydrogens is 343 g/mol. The number of halogens is 5. The van der Waals surface area contributed by atoms with Gasteiger partial charge in [0.1, 0.15) is 0 Å². The van der Waals surface area contributed by atoms with Crippen molar-refractivity contribution in [3.8, 4) is 5.75 Å². The molecule has 7 heteroatoms. The molecule has 0 atom stereocenters. The van der Waals surface area contributed by atoms with Crippen LogP contribution in [0.2, 0.25) is 0 Å². The van der Waals surface area contributed by atoms with Gasteiger partial charge in [0.2, 0.25) is 0 Å². The van der Waals surface area contributed by atoms with Gasteiger partial charge in [-0.1, -0.05) is 31.9 Å². The molecule has 0 radical (unpaired) electrons. The fraction of sp³-hybridized carbons (Fsp3) is 0.250. The average molecular weight is 349 g/mol. The van der Waals surface area contributed by atoms with Crippen molar-refractivity contribution in [2.24, 2.45) is 0 Å². The van der Waals surface area contributed by atoms with Gasteiger partial charge in [-0.3, -0.25) is 0 Å². The zero-order valence-electron chi connectivity index (χ0n) is 7.24.